The number of thiophene rings is 1. The van der Waals surface area contributed by atoms with E-state index in [4.69, 9.17) is 4.74 Å². The molecule has 0 bridgehead atoms. The van der Waals surface area contributed by atoms with Crippen LogP contribution >= 0.6 is 11.3 Å². The molecule has 3 aromatic rings. The highest BCUT2D eigenvalue weighted by Crippen LogP contribution is 2.20. The number of rotatable bonds is 7. The molecule has 0 saturated carbocycles. The Bertz CT molecular complexity index is 890. The molecule has 2 heterocycles. The Morgan fingerprint density at radius 2 is 2.19 bits per heavy atom. The summed E-state index contributed by atoms with van der Waals surface area (Å²) in [5, 5.41) is 9.12. The maximum Gasteiger partial charge on any atom is 0.261 e. The lowest BCUT2D eigenvalue weighted by Crippen LogP contribution is -2.35. The minimum atomic E-state index is -0.400. The molecule has 1 unspecified atom stereocenters. The van der Waals surface area contributed by atoms with Crippen LogP contribution in [0.5, 0.6) is 5.75 Å². The van der Waals surface area contributed by atoms with Crippen LogP contribution in [0.3, 0.4) is 0 Å². The van der Waals surface area contributed by atoms with Gasteiger partial charge in [-0.05, 0) is 43.5 Å². The van der Waals surface area contributed by atoms with E-state index in [-0.39, 0.29) is 24.3 Å². The number of ether oxygens (including phenoxy) is 1. The molecule has 1 N–H and O–H groups in total. The molecule has 1 atom stereocenters. The smallest absolute Gasteiger partial charge is 0.261 e. The fourth-order valence-electron chi connectivity index (χ4n) is 2.48. The third kappa shape index (κ3) is 4.70. The first-order valence-electron chi connectivity index (χ1n) is 8.27. The van der Waals surface area contributed by atoms with E-state index in [0.717, 1.165) is 11.3 Å². The summed E-state index contributed by atoms with van der Waals surface area (Å²) in [6, 6.07) is 9.90. The average Bonchev–Trinajstić information content (AvgIpc) is 3.23. The highest BCUT2D eigenvalue weighted by atomic mass is 32.1. The van der Waals surface area contributed by atoms with Crippen LogP contribution in [0.15, 0.2) is 48.0 Å². The SMILES string of the molecule is Cc1ccn(CC(C)NC(=O)c2cc(COc3ccccc3F)cs2)n1. The molecule has 2 aromatic heterocycles. The number of hydrogen-bond donors (Lipinski definition) is 1. The number of aromatic nitrogens is 2. The summed E-state index contributed by atoms with van der Waals surface area (Å²) in [6.45, 7) is 4.68. The summed E-state index contributed by atoms with van der Waals surface area (Å²) in [5.74, 6) is -0.334. The number of carbonyl (C=O) groups excluding carboxylic acids is 1. The van der Waals surface area contributed by atoms with Crippen molar-refractivity contribution in [3.63, 3.8) is 0 Å². The van der Waals surface area contributed by atoms with Gasteiger partial charge in [0.15, 0.2) is 11.6 Å². The number of hydrogen-bond acceptors (Lipinski definition) is 4. The van der Waals surface area contributed by atoms with Gasteiger partial charge in [-0.15, -0.1) is 11.3 Å². The zero-order valence-electron chi connectivity index (χ0n) is 14.6. The van der Waals surface area contributed by atoms with E-state index >= 15 is 0 Å². The van der Waals surface area contributed by atoms with Gasteiger partial charge in [-0.3, -0.25) is 9.48 Å². The average molecular weight is 373 g/mol. The predicted molar refractivity (Wildman–Crippen MR) is 98.9 cm³/mol. The number of nitrogens with one attached hydrogen (secondary N) is 1. The van der Waals surface area contributed by atoms with Crippen LogP contribution in [0.2, 0.25) is 0 Å². The minimum absolute atomic E-state index is 0.0537. The van der Waals surface area contributed by atoms with Crippen LogP contribution in [0, 0.1) is 12.7 Å². The Morgan fingerprint density at radius 1 is 1.38 bits per heavy atom. The molecule has 0 radical (unpaired) electrons. The van der Waals surface area contributed by atoms with E-state index in [2.05, 4.69) is 10.4 Å². The molecular formula is C19H20FN3O2S. The molecule has 0 saturated heterocycles. The summed E-state index contributed by atoms with van der Waals surface area (Å²) in [6.07, 6.45) is 1.89. The number of benzene rings is 1. The maximum absolute atomic E-state index is 13.6. The van der Waals surface area contributed by atoms with Crippen molar-refractivity contribution in [3.8, 4) is 5.75 Å². The number of carbonyl (C=O) groups is 1. The van der Waals surface area contributed by atoms with Gasteiger partial charge in [0.25, 0.3) is 5.91 Å². The second-order valence-corrected chi connectivity index (χ2v) is 7.00. The van der Waals surface area contributed by atoms with Gasteiger partial charge in [-0.1, -0.05) is 12.1 Å². The molecule has 7 heteroatoms. The summed E-state index contributed by atoms with van der Waals surface area (Å²) in [5.41, 5.74) is 1.78. The summed E-state index contributed by atoms with van der Waals surface area (Å²) >= 11 is 1.34. The largest absolute Gasteiger partial charge is 0.486 e. The van der Waals surface area contributed by atoms with Gasteiger partial charge in [0.2, 0.25) is 0 Å². The fourth-order valence-corrected chi connectivity index (χ4v) is 3.28. The number of amides is 1. The van der Waals surface area contributed by atoms with Crippen LogP contribution in [-0.2, 0) is 13.2 Å². The zero-order chi connectivity index (χ0) is 18.5. The third-order valence-corrected chi connectivity index (χ3v) is 4.70. The lowest BCUT2D eigenvalue weighted by atomic mass is 10.3. The van der Waals surface area contributed by atoms with E-state index in [1.807, 2.05) is 36.2 Å². The fraction of sp³-hybridized carbons (Fsp3) is 0.263. The van der Waals surface area contributed by atoms with Crippen molar-refractivity contribution in [2.45, 2.75) is 33.0 Å². The van der Waals surface area contributed by atoms with Crippen molar-refractivity contribution in [2.75, 3.05) is 0 Å². The van der Waals surface area contributed by atoms with E-state index in [1.54, 1.807) is 24.3 Å². The van der Waals surface area contributed by atoms with Gasteiger partial charge >= 0.3 is 0 Å². The number of aryl methyl sites for hydroxylation is 1. The molecule has 5 nitrogen and oxygen atoms in total. The molecule has 0 aliphatic rings. The maximum atomic E-state index is 13.6. The van der Waals surface area contributed by atoms with Crippen molar-refractivity contribution in [3.05, 3.63) is 69.9 Å². The van der Waals surface area contributed by atoms with Crippen LogP contribution in [0.4, 0.5) is 4.39 Å². The van der Waals surface area contributed by atoms with Gasteiger partial charge in [0.05, 0.1) is 17.1 Å². The Labute approximate surface area is 155 Å². The molecule has 1 amide bonds. The predicted octanol–water partition coefficient (Wildman–Crippen LogP) is 3.79. The van der Waals surface area contributed by atoms with Gasteiger partial charge in [-0.2, -0.15) is 5.10 Å². The lowest BCUT2D eigenvalue weighted by molar-refractivity contribution is 0.0940. The highest BCUT2D eigenvalue weighted by Gasteiger charge is 2.13. The van der Waals surface area contributed by atoms with E-state index in [9.17, 15) is 9.18 Å². The number of nitrogens with zero attached hydrogens (tertiary/aromatic N) is 2. The minimum Gasteiger partial charge on any atom is -0.486 e. The topological polar surface area (TPSA) is 56.2 Å². The normalized spacial score (nSPS) is 12.0. The van der Waals surface area contributed by atoms with Crippen molar-refractivity contribution < 1.29 is 13.9 Å². The number of halogens is 1. The molecule has 0 aliphatic heterocycles. The van der Waals surface area contributed by atoms with Gasteiger partial charge in [0.1, 0.15) is 6.61 Å². The first kappa shape index (κ1) is 18.1. The van der Waals surface area contributed by atoms with Gasteiger partial charge in [-0.25, -0.2) is 4.39 Å². The third-order valence-electron chi connectivity index (χ3n) is 3.72. The summed E-state index contributed by atoms with van der Waals surface area (Å²) < 4.78 is 20.8. The second kappa shape index (κ2) is 8.14. The van der Waals surface area contributed by atoms with Crippen LogP contribution < -0.4 is 10.1 Å². The Morgan fingerprint density at radius 3 is 2.92 bits per heavy atom. The van der Waals surface area contributed by atoms with Crippen LogP contribution in [0.1, 0.15) is 27.9 Å². The second-order valence-electron chi connectivity index (χ2n) is 6.09. The van der Waals surface area contributed by atoms with Crippen molar-refractivity contribution >= 4 is 17.2 Å². The number of para-hydroxylation sites is 1. The molecule has 26 heavy (non-hydrogen) atoms. The monoisotopic (exact) mass is 373 g/mol. The lowest BCUT2D eigenvalue weighted by Gasteiger charge is -2.13. The molecular weight excluding hydrogens is 353 g/mol. The quantitative estimate of drug-likeness (QED) is 0.686. The zero-order valence-corrected chi connectivity index (χ0v) is 15.4. The summed E-state index contributed by atoms with van der Waals surface area (Å²) in [7, 11) is 0. The first-order chi connectivity index (χ1) is 12.5. The molecule has 1 aromatic carbocycles. The van der Waals surface area contributed by atoms with Crippen molar-refractivity contribution in [1.82, 2.24) is 15.1 Å². The molecule has 136 valence electrons. The van der Waals surface area contributed by atoms with E-state index in [1.165, 1.54) is 17.4 Å². The standard InChI is InChI=1S/C19H20FN3O2S/c1-13-7-8-23(22-13)10-14(2)21-19(24)18-9-15(12-26-18)11-25-17-6-4-3-5-16(17)20/h3-9,12,14H,10-11H2,1-2H3,(H,21,24). The highest BCUT2D eigenvalue weighted by molar-refractivity contribution is 7.12. The molecule has 0 fully saturated rings. The Balaban J connectivity index is 1.53. The van der Waals surface area contributed by atoms with E-state index < -0.39 is 5.82 Å². The van der Waals surface area contributed by atoms with Crippen molar-refractivity contribution in [2.24, 2.45) is 0 Å². The van der Waals surface area contributed by atoms with Crippen molar-refractivity contribution in [1.29, 1.82) is 0 Å². The Kier molecular flexibility index (Phi) is 5.68. The van der Waals surface area contributed by atoms with Gasteiger partial charge in [0, 0.05) is 17.8 Å². The van der Waals surface area contributed by atoms with Crippen LogP contribution in [0.25, 0.3) is 0 Å². The summed E-state index contributed by atoms with van der Waals surface area (Å²) in [4.78, 5) is 13.0. The molecule has 3 rings (SSSR count). The molecule has 0 spiro atoms. The molecule has 0 aliphatic carbocycles. The van der Waals surface area contributed by atoms with Crippen LogP contribution in [-0.4, -0.2) is 21.7 Å². The Hall–Kier alpha value is -2.67. The van der Waals surface area contributed by atoms with Gasteiger partial charge < -0.3 is 10.1 Å². The van der Waals surface area contributed by atoms with E-state index in [0.29, 0.717) is 11.4 Å². The first-order valence-corrected chi connectivity index (χ1v) is 9.15.